The highest BCUT2D eigenvalue weighted by molar-refractivity contribution is 5.95. The van der Waals surface area contributed by atoms with E-state index in [4.69, 9.17) is 5.73 Å². The standard InChI is InChI=1S/C18H27N5O3/c19-11-16(24)20-12-17(25)21-14-5-7-15(8-6-14)22-18(26)13-23-9-3-1-2-4-10-23/h5-8H,1-4,9-13,19H2,(H,20,24)(H,21,25)(H,22,26). The number of nitrogens with one attached hydrogen (secondary N) is 3. The molecule has 2 rings (SSSR count). The maximum absolute atomic E-state index is 12.2. The van der Waals surface area contributed by atoms with E-state index in [2.05, 4.69) is 20.9 Å². The molecule has 0 bridgehead atoms. The average Bonchev–Trinajstić information content (AvgIpc) is 2.90. The fraction of sp³-hybridized carbons (Fsp3) is 0.500. The first-order valence-electron chi connectivity index (χ1n) is 8.95. The lowest BCUT2D eigenvalue weighted by atomic mass is 10.2. The Morgan fingerprint density at radius 2 is 1.38 bits per heavy atom. The summed E-state index contributed by atoms with van der Waals surface area (Å²) in [6, 6.07) is 6.86. The minimum Gasteiger partial charge on any atom is -0.346 e. The first-order chi connectivity index (χ1) is 12.6. The van der Waals surface area contributed by atoms with Gasteiger partial charge in [-0.1, -0.05) is 12.8 Å². The molecule has 142 valence electrons. The molecule has 0 spiro atoms. The van der Waals surface area contributed by atoms with Gasteiger partial charge in [0, 0.05) is 11.4 Å². The van der Waals surface area contributed by atoms with E-state index in [1.54, 1.807) is 24.3 Å². The second-order valence-corrected chi connectivity index (χ2v) is 6.34. The third-order valence-corrected chi connectivity index (χ3v) is 4.15. The molecule has 1 aliphatic heterocycles. The third-order valence-electron chi connectivity index (χ3n) is 4.15. The fourth-order valence-corrected chi connectivity index (χ4v) is 2.79. The summed E-state index contributed by atoms with van der Waals surface area (Å²) in [7, 11) is 0. The molecule has 1 aromatic carbocycles. The van der Waals surface area contributed by atoms with Gasteiger partial charge in [0.1, 0.15) is 0 Å². The molecule has 8 heteroatoms. The Morgan fingerprint density at radius 3 is 1.92 bits per heavy atom. The second-order valence-electron chi connectivity index (χ2n) is 6.34. The Balaban J connectivity index is 1.76. The van der Waals surface area contributed by atoms with Crippen LogP contribution in [-0.4, -0.2) is 55.3 Å². The number of carbonyl (C=O) groups is 3. The predicted molar refractivity (Wildman–Crippen MR) is 101 cm³/mol. The van der Waals surface area contributed by atoms with Gasteiger partial charge in [-0.15, -0.1) is 0 Å². The van der Waals surface area contributed by atoms with E-state index < -0.39 is 0 Å². The zero-order chi connectivity index (χ0) is 18.8. The number of anilines is 2. The monoisotopic (exact) mass is 361 g/mol. The van der Waals surface area contributed by atoms with Gasteiger partial charge in [-0.05, 0) is 50.2 Å². The lowest BCUT2D eigenvalue weighted by molar-refractivity contribution is -0.123. The van der Waals surface area contributed by atoms with E-state index in [0.717, 1.165) is 25.9 Å². The van der Waals surface area contributed by atoms with E-state index in [9.17, 15) is 14.4 Å². The number of nitrogens with two attached hydrogens (primary N) is 1. The molecule has 1 aliphatic rings. The molecule has 0 atom stereocenters. The van der Waals surface area contributed by atoms with Crippen LogP contribution in [0.5, 0.6) is 0 Å². The predicted octanol–water partition coefficient (Wildman–Crippen LogP) is 0.514. The number of rotatable bonds is 7. The molecule has 5 N–H and O–H groups in total. The summed E-state index contributed by atoms with van der Waals surface area (Å²) >= 11 is 0. The van der Waals surface area contributed by atoms with Crippen LogP contribution in [-0.2, 0) is 14.4 Å². The summed E-state index contributed by atoms with van der Waals surface area (Å²) in [5.74, 6) is -0.763. The van der Waals surface area contributed by atoms with E-state index in [1.807, 2.05) is 0 Å². The summed E-state index contributed by atoms with van der Waals surface area (Å²) in [6.07, 6.45) is 4.77. The van der Waals surface area contributed by atoms with E-state index in [0.29, 0.717) is 17.9 Å². The topological polar surface area (TPSA) is 117 Å². The van der Waals surface area contributed by atoms with Crippen LogP contribution in [0.25, 0.3) is 0 Å². The van der Waals surface area contributed by atoms with Crippen molar-refractivity contribution in [2.75, 3.05) is 43.4 Å². The van der Waals surface area contributed by atoms with Gasteiger partial charge in [0.2, 0.25) is 17.7 Å². The van der Waals surface area contributed by atoms with E-state index in [-0.39, 0.29) is 30.8 Å². The van der Waals surface area contributed by atoms with Crippen LogP contribution in [0, 0.1) is 0 Å². The summed E-state index contributed by atoms with van der Waals surface area (Å²) in [4.78, 5) is 37.1. The maximum Gasteiger partial charge on any atom is 0.243 e. The second kappa shape index (κ2) is 10.5. The Bertz CT molecular complexity index is 610. The normalized spacial score (nSPS) is 15.0. The quantitative estimate of drug-likeness (QED) is 0.565. The van der Waals surface area contributed by atoms with Gasteiger partial charge >= 0.3 is 0 Å². The van der Waals surface area contributed by atoms with Gasteiger partial charge < -0.3 is 21.7 Å². The van der Waals surface area contributed by atoms with Crippen LogP contribution in [0.15, 0.2) is 24.3 Å². The highest BCUT2D eigenvalue weighted by atomic mass is 16.2. The zero-order valence-electron chi connectivity index (χ0n) is 14.9. The first-order valence-corrected chi connectivity index (χ1v) is 8.95. The molecule has 0 aromatic heterocycles. The number of likely N-dealkylation sites (tertiary alicyclic amines) is 1. The minimum absolute atomic E-state index is 0.0341. The average molecular weight is 361 g/mol. The van der Waals surface area contributed by atoms with Crippen molar-refractivity contribution in [3.05, 3.63) is 24.3 Å². The highest BCUT2D eigenvalue weighted by Crippen LogP contribution is 2.14. The van der Waals surface area contributed by atoms with Gasteiger partial charge in [-0.2, -0.15) is 0 Å². The van der Waals surface area contributed by atoms with Crippen LogP contribution in [0.3, 0.4) is 0 Å². The van der Waals surface area contributed by atoms with Gasteiger partial charge in [0.05, 0.1) is 19.6 Å². The molecular formula is C18H27N5O3. The summed E-state index contributed by atoms with van der Waals surface area (Å²) in [6.45, 7) is 2.06. The highest BCUT2D eigenvalue weighted by Gasteiger charge is 2.13. The first kappa shape index (κ1) is 19.9. The van der Waals surface area contributed by atoms with Crippen LogP contribution in [0.2, 0.25) is 0 Å². The largest absolute Gasteiger partial charge is 0.346 e. The fourth-order valence-electron chi connectivity index (χ4n) is 2.79. The SMILES string of the molecule is NCC(=O)NCC(=O)Nc1ccc(NC(=O)CN2CCCCCC2)cc1. The lowest BCUT2D eigenvalue weighted by Crippen LogP contribution is -2.36. The molecule has 0 saturated carbocycles. The number of benzene rings is 1. The van der Waals surface area contributed by atoms with E-state index >= 15 is 0 Å². The van der Waals surface area contributed by atoms with Gasteiger partial charge in [0.15, 0.2) is 0 Å². The van der Waals surface area contributed by atoms with Crippen LogP contribution >= 0.6 is 0 Å². The molecule has 0 aliphatic carbocycles. The molecule has 26 heavy (non-hydrogen) atoms. The van der Waals surface area contributed by atoms with Crippen molar-refractivity contribution >= 4 is 29.1 Å². The lowest BCUT2D eigenvalue weighted by Gasteiger charge is -2.19. The van der Waals surface area contributed by atoms with Crippen molar-refractivity contribution in [3.8, 4) is 0 Å². The van der Waals surface area contributed by atoms with Crippen molar-refractivity contribution in [3.63, 3.8) is 0 Å². The van der Waals surface area contributed by atoms with Crippen LogP contribution in [0.1, 0.15) is 25.7 Å². The van der Waals surface area contributed by atoms with E-state index in [1.165, 1.54) is 12.8 Å². The van der Waals surface area contributed by atoms with Gasteiger partial charge in [0.25, 0.3) is 0 Å². The van der Waals surface area contributed by atoms with Crippen molar-refractivity contribution in [2.45, 2.75) is 25.7 Å². The Labute approximate surface area is 153 Å². The van der Waals surface area contributed by atoms with Crippen molar-refractivity contribution < 1.29 is 14.4 Å². The van der Waals surface area contributed by atoms with Gasteiger partial charge in [-0.3, -0.25) is 19.3 Å². The number of hydrogen-bond acceptors (Lipinski definition) is 5. The summed E-state index contributed by atoms with van der Waals surface area (Å²) < 4.78 is 0. The zero-order valence-corrected chi connectivity index (χ0v) is 14.9. The summed E-state index contributed by atoms with van der Waals surface area (Å²) in [5.41, 5.74) is 6.42. The summed E-state index contributed by atoms with van der Waals surface area (Å²) in [5, 5.41) is 7.93. The number of amides is 3. The molecule has 1 heterocycles. The van der Waals surface area contributed by atoms with Gasteiger partial charge in [-0.25, -0.2) is 0 Å². The number of hydrogen-bond donors (Lipinski definition) is 4. The van der Waals surface area contributed by atoms with Crippen LogP contribution in [0.4, 0.5) is 11.4 Å². The molecule has 0 radical (unpaired) electrons. The van der Waals surface area contributed by atoms with Crippen molar-refractivity contribution in [2.24, 2.45) is 5.73 Å². The smallest absolute Gasteiger partial charge is 0.243 e. The molecule has 3 amide bonds. The molecule has 1 aromatic rings. The minimum atomic E-state index is -0.386. The van der Waals surface area contributed by atoms with Crippen molar-refractivity contribution in [1.82, 2.24) is 10.2 Å². The molecule has 0 unspecified atom stereocenters. The molecule has 1 fully saturated rings. The molecule has 8 nitrogen and oxygen atoms in total. The Morgan fingerprint density at radius 1 is 0.846 bits per heavy atom. The van der Waals surface area contributed by atoms with Crippen molar-refractivity contribution in [1.29, 1.82) is 0 Å². The maximum atomic E-state index is 12.2. The third kappa shape index (κ3) is 7.20. The molecule has 1 saturated heterocycles. The molecular weight excluding hydrogens is 334 g/mol. The Kier molecular flexibility index (Phi) is 8.04. The Hall–Kier alpha value is -2.45. The number of carbonyl (C=O) groups excluding carboxylic acids is 3. The van der Waals surface area contributed by atoms with Crippen LogP contribution < -0.4 is 21.7 Å². The number of nitrogens with zero attached hydrogens (tertiary/aromatic N) is 1.